The molecular weight excluding hydrogens is 483 g/mol. The number of hydrogen-bond acceptors (Lipinski definition) is 3. The summed E-state index contributed by atoms with van der Waals surface area (Å²) in [5.41, 5.74) is 2.69. The monoisotopic (exact) mass is 506 g/mol. The number of hydrogen-bond donors (Lipinski definition) is 1. The topological polar surface area (TPSA) is 67.2 Å². The highest BCUT2D eigenvalue weighted by Crippen LogP contribution is 2.28. The van der Waals surface area contributed by atoms with Gasteiger partial charge in [0.1, 0.15) is 12.4 Å². The van der Waals surface area contributed by atoms with Crippen molar-refractivity contribution in [1.82, 2.24) is 14.7 Å². The Labute approximate surface area is 214 Å². The molecule has 6 nitrogen and oxygen atoms in total. The van der Waals surface area contributed by atoms with E-state index in [2.05, 4.69) is 5.32 Å². The third-order valence-corrected chi connectivity index (χ3v) is 5.91. The Hall–Kier alpha value is -3.61. The van der Waals surface area contributed by atoms with E-state index in [1.807, 2.05) is 55.5 Å². The van der Waals surface area contributed by atoms with Gasteiger partial charge >= 0.3 is 0 Å². The second-order valence-corrected chi connectivity index (χ2v) is 8.77. The molecule has 35 heavy (non-hydrogen) atoms. The summed E-state index contributed by atoms with van der Waals surface area (Å²) < 4.78 is 1.60. The standard InChI is InChI=1S/C27H24Cl2N4O2/c1-2-16-32(27(35)20-12-14-21(28)15-13-20)18-26(34)30-25-17-23(19-8-4-3-5-9-19)31-33(25)24-11-7-6-10-22(24)29/h3-15,17H,2,16,18H2,1H3,(H,30,34). The highest BCUT2D eigenvalue weighted by molar-refractivity contribution is 6.32. The predicted molar refractivity (Wildman–Crippen MR) is 140 cm³/mol. The minimum absolute atomic E-state index is 0.107. The Balaban J connectivity index is 1.61. The first kappa shape index (κ1) is 24.5. The summed E-state index contributed by atoms with van der Waals surface area (Å²) in [6.07, 6.45) is 0.711. The molecule has 0 atom stereocenters. The molecule has 1 aromatic heterocycles. The molecule has 0 fully saturated rings. The molecule has 0 unspecified atom stereocenters. The highest BCUT2D eigenvalue weighted by atomic mass is 35.5. The number of amides is 2. The van der Waals surface area contributed by atoms with Crippen LogP contribution in [0.1, 0.15) is 23.7 Å². The number of nitrogens with zero attached hydrogens (tertiary/aromatic N) is 3. The Kier molecular flexibility index (Phi) is 7.85. The fourth-order valence-corrected chi connectivity index (χ4v) is 4.02. The molecule has 0 spiro atoms. The van der Waals surface area contributed by atoms with Gasteiger partial charge in [0.2, 0.25) is 5.91 Å². The van der Waals surface area contributed by atoms with Crippen LogP contribution < -0.4 is 5.32 Å². The fourth-order valence-electron chi connectivity index (χ4n) is 3.68. The molecule has 4 rings (SSSR count). The zero-order chi connectivity index (χ0) is 24.8. The number of nitrogens with one attached hydrogen (secondary N) is 1. The van der Waals surface area contributed by atoms with Gasteiger partial charge in [-0.1, -0.05) is 72.6 Å². The fraction of sp³-hybridized carbons (Fsp3) is 0.148. The number of anilines is 1. The van der Waals surface area contributed by atoms with Gasteiger partial charge in [-0.15, -0.1) is 0 Å². The molecule has 0 saturated carbocycles. The number of halogens is 2. The molecule has 0 aliphatic rings. The number of carbonyl (C=O) groups is 2. The number of rotatable bonds is 8. The van der Waals surface area contributed by atoms with Crippen molar-refractivity contribution in [2.45, 2.75) is 13.3 Å². The normalized spacial score (nSPS) is 10.7. The quantitative estimate of drug-likeness (QED) is 0.303. The number of para-hydroxylation sites is 1. The lowest BCUT2D eigenvalue weighted by Crippen LogP contribution is -2.38. The van der Waals surface area contributed by atoms with E-state index in [0.29, 0.717) is 45.8 Å². The average Bonchev–Trinajstić information content (AvgIpc) is 3.28. The van der Waals surface area contributed by atoms with Gasteiger partial charge in [0, 0.05) is 28.8 Å². The Bertz CT molecular complexity index is 1320. The number of aromatic nitrogens is 2. The first-order chi connectivity index (χ1) is 17.0. The molecular formula is C27H24Cl2N4O2. The van der Waals surface area contributed by atoms with E-state index >= 15 is 0 Å². The zero-order valence-corrected chi connectivity index (χ0v) is 20.6. The van der Waals surface area contributed by atoms with Crippen LogP contribution >= 0.6 is 23.2 Å². The van der Waals surface area contributed by atoms with Crippen molar-refractivity contribution in [3.8, 4) is 16.9 Å². The van der Waals surface area contributed by atoms with Gasteiger partial charge in [0.15, 0.2) is 0 Å². The van der Waals surface area contributed by atoms with Gasteiger partial charge in [-0.05, 0) is 42.8 Å². The van der Waals surface area contributed by atoms with Crippen molar-refractivity contribution in [3.05, 3.63) is 101 Å². The Morgan fingerprint density at radius 1 is 0.943 bits per heavy atom. The summed E-state index contributed by atoms with van der Waals surface area (Å²) in [5.74, 6) is -0.117. The minimum atomic E-state index is -0.339. The number of benzene rings is 3. The van der Waals surface area contributed by atoms with E-state index in [1.165, 1.54) is 4.90 Å². The molecule has 0 saturated heterocycles. The van der Waals surface area contributed by atoms with E-state index in [1.54, 1.807) is 41.1 Å². The highest BCUT2D eigenvalue weighted by Gasteiger charge is 2.21. The Morgan fingerprint density at radius 3 is 2.31 bits per heavy atom. The molecule has 1 heterocycles. The molecule has 178 valence electrons. The summed E-state index contributed by atoms with van der Waals surface area (Å²) >= 11 is 12.4. The molecule has 0 radical (unpaired) electrons. The van der Waals surface area contributed by atoms with Crippen LogP contribution in [0.25, 0.3) is 16.9 Å². The average molecular weight is 507 g/mol. The molecule has 4 aromatic rings. The molecule has 0 aliphatic heterocycles. The van der Waals surface area contributed by atoms with Gasteiger partial charge in [0.25, 0.3) is 5.91 Å². The van der Waals surface area contributed by atoms with Gasteiger partial charge in [0.05, 0.1) is 16.4 Å². The van der Waals surface area contributed by atoms with Crippen molar-refractivity contribution in [1.29, 1.82) is 0 Å². The minimum Gasteiger partial charge on any atom is -0.329 e. The maximum absolute atomic E-state index is 13.1. The van der Waals surface area contributed by atoms with E-state index < -0.39 is 0 Å². The van der Waals surface area contributed by atoms with E-state index in [0.717, 1.165) is 5.56 Å². The van der Waals surface area contributed by atoms with Crippen LogP contribution in [-0.4, -0.2) is 39.6 Å². The molecule has 0 bridgehead atoms. The van der Waals surface area contributed by atoms with Crippen molar-refractivity contribution in [3.63, 3.8) is 0 Å². The van der Waals surface area contributed by atoms with E-state index in [-0.39, 0.29) is 18.4 Å². The van der Waals surface area contributed by atoms with Crippen molar-refractivity contribution in [2.75, 3.05) is 18.4 Å². The SMILES string of the molecule is CCCN(CC(=O)Nc1cc(-c2ccccc2)nn1-c1ccccc1Cl)C(=O)c1ccc(Cl)cc1. The van der Waals surface area contributed by atoms with E-state index in [9.17, 15) is 9.59 Å². The second kappa shape index (κ2) is 11.2. The van der Waals surface area contributed by atoms with Crippen LogP contribution in [0.15, 0.2) is 84.9 Å². The van der Waals surface area contributed by atoms with Gasteiger partial charge in [-0.2, -0.15) is 5.10 Å². The molecule has 2 amide bonds. The third kappa shape index (κ3) is 5.91. The Morgan fingerprint density at radius 2 is 1.63 bits per heavy atom. The molecule has 1 N–H and O–H groups in total. The van der Waals surface area contributed by atoms with Crippen LogP contribution in [-0.2, 0) is 4.79 Å². The first-order valence-corrected chi connectivity index (χ1v) is 12.0. The van der Waals surface area contributed by atoms with Gasteiger partial charge in [-0.3, -0.25) is 9.59 Å². The summed E-state index contributed by atoms with van der Waals surface area (Å²) in [6.45, 7) is 2.29. The molecule has 3 aromatic carbocycles. The summed E-state index contributed by atoms with van der Waals surface area (Å²) in [7, 11) is 0. The summed E-state index contributed by atoms with van der Waals surface area (Å²) in [6, 6.07) is 25.4. The lowest BCUT2D eigenvalue weighted by atomic mass is 10.1. The van der Waals surface area contributed by atoms with Crippen LogP contribution in [0.2, 0.25) is 10.0 Å². The summed E-state index contributed by atoms with van der Waals surface area (Å²) in [5, 5.41) is 8.66. The van der Waals surface area contributed by atoms with Crippen LogP contribution in [0.5, 0.6) is 0 Å². The molecule has 0 aliphatic carbocycles. The zero-order valence-electron chi connectivity index (χ0n) is 19.1. The van der Waals surface area contributed by atoms with Crippen molar-refractivity contribution in [2.24, 2.45) is 0 Å². The van der Waals surface area contributed by atoms with Gasteiger partial charge < -0.3 is 10.2 Å². The lowest BCUT2D eigenvalue weighted by Gasteiger charge is -2.22. The van der Waals surface area contributed by atoms with Crippen LogP contribution in [0.3, 0.4) is 0 Å². The van der Waals surface area contributed by atoms with Crippen molar-refractivity contribution >= 4 is 40.8 Å². The maximum atomic E-state index is 13.1. The largest absolute Gasteiger partial charge is 0.329 e. The van der Waals surface area contributed by atoms with Crippen molar-refractivity contribution < 1.29 is 9.59 Å². The first-order valence-electron chi connectivity index (χ1n) is 11.2. The lowest BCUT2D eigenvalue weighted by molar-refractivity contribution is -0.116. The van der Waals surface area contributed by atoms with Crippen LogP contribution in [0.4, 0.5) is 5.82 Å². The van der Waals surface area contributed by atoms with Crippen LogP contribution in [0, 0.1) is 0 Å². The van der Waals surface area contributed by atoms with Gasteiger partial charge in [-0.25, -0.2) is 4.68 Å². The molecule has 8 heteroatoms. The number of carbonyl (C=O) groups excluding carboxylic acids is 2. The maximum Gasteiger partial charge on any atom is 0.254 e. The summed E-state index contributed by atoms with van der Waals surface area (Å²) in [4.78, 5) is 27.6. The second-order valence-electron chi connectivity index (χ2n) is 7.93. The third-order valence-electron chi connectivity index (χ3n) is 5.33. The smallest absolute Gasteiger partial charge is 0.254 e. The van der Waals surface area contributed by atoms with E-state index in [4.69, 9.17) is 28.3 Å². The predicted octanol–water partition coefficient (Wildman–Crippen LogP) is 6.34.